The fraction of sp³-hybridized carbons (Fsp3) is 0.433. The number of nitrogens with zero attached hydrogens (tertiary/aromatic N) is 1. The van der Waals surface area contributed by atoms with Crippen molar-refractivity contribution in [3.05, 3.63) is 71.8 Å². The molecule has 1 saturated heterocycles. The number of likely N-dealkylation sites (tertiary alicyclic amines) is 1. The Morgan fingerprint density at radius 3 is 2.05 bits per heavy atom. The highest BCUT2D eigenvalue weighted by Crippen LogP contribution is 2.79. The van der Waals surface area contributed by atoms with Crippen LogP contribution in [0.2, 0.25) is 0 Å². The van der Waals surface area contributed by atoms with Crippen LogP contribution in [-0.4, -0.2) is 57.0 Å². The third-order valence-electron chi connectivity index (χ3n) is 8.37. The van der Waals surface area contributed by atoms with Gasteiger partial charge in [0.15, 0.2) is 0 Å². The Hall–Kier alpha value is -2.97. The molecule has 2 N–H and O–H groups in total. The molecule has 3 aliphatic rings. The lowest BCUT2D eigenvalue weighted by atomic mass is 9.63. The average Bonchev–Trinajstić information content (AvgIpc) is 3.24. The van der Waals surface area contributed by atoms with Crippen molar-refractivity contribution in [2.45, 2.75) is 50.6 Å². The lowest BCUT2D eigenvalue weighted by Gasteiger charge is -2.42. The van der Waals surface area contributed by atoms with Crippen LogP contribution in [-0.2, 0) is 14.3 Å². The first-order valence-corrected chi connectivity index (χ1v) is 13.6. The molecule has 3 amide bonds. The van der Waals surface area contributed by atoms with E-state index in [1.807, 2.05) is 74.5 Å². The van der Waals surface area contributed by atoms with E-state index in [0.29, 0.717) is 0 Å². The molecular weight excluding hydrogens is 548 g/mol. The molecule has 5 atom stereocenters. The SMILES string of the molecule is CC(C)(C)OC(=O)NCCN1C(=O)C2C3(C)C(c4ccccc4)=C(c4ccccc4)C(C)(C3O)C2(Br)C1=O. The molecule has 1 heterocycles. The number of carbonyl (C=O) groups is 3. The summed E-state index contributed by atoms with van der Waals surface area (Å²) < 4.78 is 3.93. The second-order valence-electron chi connectivity index (χ2n) is 11.7. The van der Waals surface area contributed by atoms with Crippen LogP contribution < -0.4 is 5.32 Å². The normalized spacial score (nSPS) is 32.1. The maximum atomic E-state index is 14.1. The number of ether oxygens (including phenoxy) is 1. The number of aliphatic hydroxyl groups excluding tert-OH is 1. The van der Waals surface area contributed by atoms with E-state index in [0.717, 1.165) is 22.3 Å². The van der Waals surface area contributed by atoms with Crippen molar-refractivity contribution < 1.29 is 24.2 Å². The summed E-state index contributed by atoms with van der Waals surface area (Å²) in [7, 11) is 0. The van der Waals surface area contributed by atoms with E-state index in [4.69, 9.17) is 4.74 Å². The lowest BCUT2D eigenvalue weighted by Crippen LogP contribution is -2.51. The van der Waals surface area contributed by atoms with Gasteiger partial charge >= 0.3 is 6.09 Å². The Kier molecular flexibility index (Phi) is 6.15. The molecule has 1 saturated carbocycles. The van der Waals surface area contributed by atoms with Gasteiger partial charge in [0.1, 0.15) is 9.93 Å². The maximum Gasteiger partial charge on any atom is 0.407 e. The summed E-state index contributed by atoms with van der Waals surface area (Å²) in [6.07, 6.45) is -1.60. The van der Waals surface area contributed by atoms with Gasteiger partial charge in [-0.2, -0.15) is 0 Å². The number of nitrogens with one attached hydrogen (secondary N) is 1. The molecule has 8 heteroatoms. The second-order valence-corrected chi connectivity index (χ2v) is 13.0. The highest BCUT2D eigenvalue weighted by atomic mass is 79.9. The number of hydrogen-bond donors (Lipinski definition) is 2. The molecule has 2 bridgehead atoms. The summed E-state index contributed by atoms with van der Waals surface area (Å²) in [5, 5.41) is 14.6. The first kappa shape index (κ1) is 26.6. The number of fused-ring (bicyclic) bond motifs is 5. The predicted octanol–water partition coefficient (Wildman–Crippen LogP) is 4.64. The van der Waals surface area contributed by atoms with Crippen LogP contribution in [0.1, 0.15) is 45.7 Å². The second kappa shape index (κ2) is 8.78. The molecule has 2 aromatic carbocycles. The molecule has 5 rings (SSSR count). The van der Waals surface area contributed by atoms with E-state index in [1.165, 1.54) is 4.90 Å². The first-order chi connectivity index (χ1) is 17.8. The van der Waals surface area contributed by atoms with Crippen molar-refractivity contribution in [2.75, 3.05) is 13.1 Å². The molecular formula is C30H33BrN2O5. The smallest absolute Gasteiger partial charge is 0.407 e. The van der Waals surface area contributed by atoms with Crippen LogP contribution in [0.3, 0.4) is 0 Å². The van der Waals surface area contributed by atoms with Gasteiger partial charge < -0.3 is 15.2 Å². The number of hydrogen-bond acceptors (Lipinski definition) is 5. The minimum absolute atomic E-state index is 0.00432. The minimum Gasteiger partial charge on any atom is -0.444 e. The summed E-state index contributed by atoms with van der Waals surface area (Å²) in [6, 6.07) is 19.5. The number of benzene rings is 2. The van der Waals surface area contributed by atoms with Crippen LogP contribution >= 0.6 is 15.9 Å². The summed E-state index contributed by atoms with van der Waals surface area (Å²) in [4.78, 5) is 41.5. The van der Waals surface area contributed by atoms with Gasteiger partial charge in [0.05, 0.1) is 12.0 Å². The third kappa shape index (κ3) is 3.46. The molecule has 1 aliphatic heterocycles. The van der Waals surface area contributed by atoms with Crippen molar-refractivity contribution in [3.63, 3.8) is 0 Å². The number of aliphatic hydroxyl groups is 1. The van der Waals surface area contributed by atoms with Gasteiger partial charge in [0.25, 0.3) is 0 Å². The molecule has 5 unspecified atom stereocenters. The minimum atomic E-state index is -1.35. The van der Waals surface area contributed by atoms with Gasteiger partial charge in [0, 0.05) is 23.9 Å². The van der Waals surface area contributed by atoms with Crippen LogP contribution in [0.4, 0.5) is 4.79 Å². The van der Waals surface area contributed by atoms with Gasteiger partial charge in [0.2, 0.25) is 11.8 Å². The molecule has 38 heavy (non-hydrogen) atoms. The molecule has 7 nitrogen and oxygen atoms in total. The van der Waals surface area contributed by atoms with Gasteiger partial charge in [-0.3, -0.25) is 14.5 Å². The molecule has 2 fully saturated rings. The van der Waals surface area contributed by atoms with Gasteiger partial charge in [-0.1, -0.05) is 90.4 Å². The maximum absolute atomic E-state index is 14.1. The monoisotopic (exact) mass is 580 g/mol. The Labute approximate surface area is 231 Å². The first-order valence-electron chi connectivity index (χ1n) is 12.8. The van der Waals surface area contributed by atoms with E-state index >= 15 is 0 Å². The van der Waals surface area contributed by atoms with Gasteiger partial charge in [-0.05, 0) is 43.0 Å². The quantitative estimate of drug-likeness (QED) is 0.396. The van der Waals surface area contributed by atoms with E-state index in [9.17, 15) is 19.5 Å². The van der Waals surface area contributed by atoms with Gasteiger partial charge in [-0.25, -0.2) is 4.79 Å². The fourth-order valence-electron chi connectivity index (χ4n) is 6.93. The zero-order chi connectivity index (χ0) is 27.7. The summed E-state index contributed by atoms with van der Waals surface area (Å²) in [5.74, 6) is -1.58. The van der Waals surface area contributed by atoms with Crippen molar-refractivity contribution in [2.24, 2.45) is 16.7 Å². The molecule has 2 aromatic rings. The number of imide groups is 1. The van der Waals surface area contributed by atoms with E-state index in [-0.39, 0.29) is 19.0 Å². The lowest BCUT2D eigenvalue weighted by molar-refractivity contribution is -0.142. The largest absolute Gasteiger partial charge is 0.444 e. The fourth-order valence-corrected chi connectivity index (χ4v) is 8.23. The van der Waals surface area contributed by atoms with Crippen molar-refractivity contribution in [3.8, 4) is 0 Å². The number of carbonyl (C=O) groups excluding carboxylic acids is 3. The van der Waals surface area contributed by atoms with Crippen molar-refractivity contribution in [1.82, 2.24) is 10.2 Å². The Bertz CT molecular complexity index is 1340. The topological polar surface area (TPSA) is 95.9 Å². The molecule has 200 valence electrons. The summed E-state index contributed by atoms with van der Waals surface area (Å²) in [5.41, 5.74) is 0.767. The Morgan fingerprint density at radius 2 is 1.53 bits per heavy atom. The van der Waals surface area contributed by atoms with Crippen molar-refractivity contribution in [1.29, 1.82) is 0 Å². The highest BCUT2D eigenvalue weighted by Gasteiger charge is 2.85. The average molecular weight is 582 g/mol. The number of rotatable bonds is 5. The van der Waals surface area contributed by atoms with E-state index < -0.39 is 44.8 Å². The summed E-state index contributed by atoms with van der Waals surface area (Å²) in [6.45, 7) is 9.14. The number of amides is 3. The van der Waals surface area contributed by atoms with Crippen LogP contribution in [0, 0.1) is 16.7 Å². The third-order valence-corrected chi connectivity index (χ3v) is 9.99. The molecule has 0 spiro atoms. The zero-order valence-corrected chi connectivity index (χ0v) is 23.8. The standard InChI is InChI=1S/C30H33BrN2O5/c1-27(2,3)38-26(37)32-16-17-33-23(34)22-28(4)20(18-12-8-6-9-13-18)21(19-14-10-7-11-15-19)29(5,24(28)35)30(22,31)25(33)36/h6-15,22,24,35H,16-17H2,1-5H3,(H,32,37). The number of alkyl carbamates (subject to hydrolysis) is 1. The Morgan fingerprint density at radius 1 is 1.00 bits per heavy atom. The van der Waals surface area contributed by atoms with Crippen LogP contribution in [0.25, 0.3) is 11.1 Å². The summed E-state index contributed by atoms with van der Waals surface area (Å²) >= 11 is 3.79. The molecule has 0 aromatic heterocycles. The van der Waals surface area contributed by atoms with Crippen LogP contribution in [0.5, 0.6) is 0 Å². The highest BCUT2D eigenvalue weighted by molar-refractivity contribution is 9.10. The van der Waals surface area contributed by atoms with E-state index in [2.05, 4.69) is 21.2 Å². The number of halogens is 1. The van der Waals surface area contributed by atoms with Crippen LogP contribution in [0.15, 0.2) is 60.7 Å². The number of alkyl halides is 1. The Balaban J connectivity index is 1.58. The molecule has 2 aliphatic carbocycles. The zero-order valence-electron chi connectivity index (χ0n) is 22.2. The molecule has 0 radical (unpaired) electrons. The predicted molar refractivity (Wildman–Crippen MR) is 148 cm³/mol. The van der Waals surface area contributed by atoms with Gasteiger partial charge in [-0.15, -0.1) is 0 Å². The van der Waals surface area contributed by atoms with Crippen molar-refractivity contribution >= 4 is 45.0 Å². The van der Waals surface area contributed by atoms with E-state index in [1.54, 1.807) is 20.8 Å².